The van der Waals surface area contributed by atoms with E-state index in [0.29, 0.717) is 5.25 Å². The van der Waals surface area contributed by atoms with Crippen molar-refractivity contribution in [1.29, 1.82) is 0 Å². The summed E-state index contributed by atoms with van der Waals surface area (Å²) < 4.78 is 0. The third kappa shape index (κ3) is 3.83. The van der Waals surface area contributed by atoms with Crippen molar-refractivity contribution < 1.29 is 0 Å². The average molecular weight is 195 g/mol. The van der Waals surface area contributed by atoms with Crippen LogP contribution in [-0.2, 0) is 0 Å². The zero-order valence-electron chi connectivity index (χ0n) is 8.07. The molecule has 0 aromatic heterocycles. The fourth-order valence-corrected chi connectivity index (χ4v) is 2.39. The minimum absolute atomic E-state index is 0.576. The molecule has 1 rings (SSSR count). The predicted molar refractivity (Wildman–Crippen MR) is 60.0 cm³/mol. The first-order valence-corrected chi connectivity index (χ1v) is 5.66. The highest BCUT2D eigenvalue weighted by molar-refractivity contribution is 8.00. The van der Waals surface area contributed by atoms with Crippen LogP contribution in [0.1, 0.15) is 19.8 Å². The summed E-state index contributed by atoms with van der Waals surface area (Å²) in [6.45, 7) is 2.97. The van der Waals surface area contributed by atoms with Gasteiger partial charge in [0.05, 0.1) is 0 Å². The van der Waals surface area contributed by atoms with Gasteiger partial charge in [-0.05, 0) is 18.6 Å². The van der Waals surface area contributed by atoms with Crippen LogP contribution in [0.5, 0.6) is 0 Å². The Bertz CT molecular complexity index is 223. The second kappa shape index (κ2) is 6.06. The summed E-state index contributed by atoms with van der Waals surface area (Å²) in [4.78, 5) is 1.33. The van der Waals surface area contributed by atoms with Crippen molar-refractivity contribution in [3.05, 3.63) is 30.3 Å². The molecule has 0 radical (unpaired) electrons. The molecular formula is C11H17NS. The Balaban J connectivity index is 2.46. The van der Waals surface area contributed by atoms with Crippen molar-refractivity contribution in [3.63, 3.8) is 0 Å². The highest BCUT2D eigenvalue weighted by atomic mass is 32.2. The third-order valence-corrected chi connectivity index (χ3v) is 3.23. The van der Waals surface area contributed by atoms with Gasteiger partial charge in [0.1, 0.15) is 0 Å². The van der Waals surface area contributed by atoms with Crippen LogP contribution in [0.3, 0.4) is 0 Å². The van der Waals surface area contributed by atoms with Gasteiger partial charge < -0.3 is 5.73 Å². The van der Waals surface area contributed by atoms with E-state index in [4.69, 9.17) is 5.73 Å². The molecule has 0 spiro atoms. The standard InChI is InChI=1S/C11H17NS/c1-2-6-11(9-12)13-10-7-4-3-5-8-10/h3-5,7-8,11H,2,6,9,12H2,1H3. The Morgan fingerprint density at radius 1 is 1.31 bits per heavy atom. The Hall–Kier alpha value is -0.470. The summed E-state index contributed by atoms with van der Waals surface area (Å²) in [5.41, 5.74) is 5.69. The highest BCUT2D eigenvalue weighted by Crippen LogP contribution is 2.24. The van der Waals surface area contributed by atoms with Crippen molar-refractivity contribution in [3.8, 4) is 0 Å². The molecule has 0 aliphatic heterocycles. The smallest absolute Gasteiger partial charge is 0.0217 e. The fraction of sp³-hybridized carbons (Fsp3) is 0.455. The molecule has 1 aromatic carbocycles. The first-order chi connectivity index (χ1) is 6.36. The molecule has 0 aliphatic rings. The molecule has 0 heterocycles. The van der Waals surface area contributed by atoms with Crippen LogP contribution < -0.4 is 5.73 Å². The van der Waals surface area contributed by atoms with E-state index in [0.717, 1.165) is 6.54 Å². The first kappa shape index (κ1) is 10.6. The number of hydrogen-bond acceptors (Lipinski definition) is 2. The summed E-state index contributed by atoms with van der Waals surface area (Å²) >= 11 is 1.89. The maximum absolute atomic E-state index is 5.69. The highest BCUT2D eigenvalue weighted by Gasteiger charge is 2.06. The second-order valence-corrected chi connectivity index (χ2v) is 4.45. The topological polar surface area (TPSA) is 26.0 Å². The fourth-order valence-electron chi connectivity index (χ4n) is 1.24. The summed E-state index contributed by atoms with van der Waals surface area (Å²) in [7, 11) is 0. The molecule has 0 amide bonds. The maximum Gasteiger partial charge on any atom is 0.0217 e. The largest absolute Gasteiger partial charge is 0.329 e. The van der Waals surface area contributed by atoms with Gasteiger partial charge in [0, 0.05) is 16.7 Å². The van der Waals surface area contributed by atoms with Crippen LogP contribution >= 0.6 is 11.8 Å². The van der Waals surface area contributed by atoms with E-state index in [1.807, 2.05) is 17.8 Å². The van der Waals surface area contributed by atoms with Crippen LogP contribution in [0, 0.1) is 0 Å². The van der Waals surface area contributed by atoms with Crippen molar-refractivity contribution in [2.75, 3.05) is 6.54 Å². The Labute approximate surface area is 84.7 Å². The molecule has 1 nitrogen and oxygen atoms in total. The third-order valence-electron chi connectivity index (χ3n) is 1.92. The van der Waals surface area contributed by atoms with Gasteiger partial charge in [-0.15, -0.1) is 11.8 Å². The Kier molecular flexibility index (Phi) is 4.94. The molecule has 0 saturated carbocycles. The number of rotatable bonds is 5. The zero-order valence-corrected chi connectivity index (χ0v) is 8.89. The van der Waals surface area contributed by atoms with E-state index < -0.39 is 0 Å². The van der Waals surface area contributed by atoms with Gasteiger partial charge in [0.2, 0.25) is 0 Å². The molecule has 1 atom stereocenters. The molecule has 1 aromatic rings. The minimum Gasteiger partial charge on any atom is -0.329 e. The van der Waals surface area contributed by atoms with Crippen LogP contribution in [-0.4, -0.2) is 11.8 Å². The molecule has 72 valence electrons. The van der Waals surface area contributed by atoms with Gasteiger partial charge in [-0.2, -0.15) is 0 Å². The van der Waals surface area contributed by atoms with Gasteiger partial charge in [-0.25, -0.2) is 0 Å². The van der Waals surface area contributed by atoms with E-state index in [1.54, 1.807) is 0 Å². The van der Waals surface area contributed by atoms with Crippen molar-refractivity contribution in [2.24, 2.45) is 5.73 Å². The Morgan fingerprint density at radius 3 is 2.54 bits per heavy atom. The van der Waals surface area contributed by atoms with E-state index >= 15 is 0 Å². The summed E-state index contributed by atoms with van der Waals surface area (Å²) in [6.07, 6.45) is 2.41. The number of hydrogen-bond donors (Lipinski definition) is 1. The zero-order chi connectivity index (χ0) is 9.52. The van der Waals surface area contributed by atoms with Gasteiger partial charge in [-0.1, -0.05) is 31.5 Å². The number of thioether (sulfide) groups is 1. The molecule has 0 saturated heterocycles. The maximum atomic E-state index is 5.69. The van der Waals surface area contributed by atoms with Gasteiger partial charge in [0.15, 0.2) is 0 Å². The number of benzene rings is 1. The molecule has 0 bridgehead atoms. The van der Waals surface area contributed by atoms with E-state index in [2.05, 4.69) is 31.2 Å². The lowest BCUT2D eigenvalue weighted by Crippen LogP contribution is -2.16. The van der Waals surface area contributed by atoms with Crippen LogP contribution in [0.2, 0.25) is 0 Å². The lowest BCUT2D eigenvalue weighted by molar-refractivity contribution is 0.744. The monoisotopic (exact) mass is 195 g/mol. The quantitative estimate of drug-likeness (QED) is 0.731. The van der Waals surface area contributed by atoms with E-state index in [1.165, 1.54) is 17.7 Å². The summed E-state index contributed by atoms with van der Waals surface area (Å²) in [6, 6.07) is 10.5. The molecule has 1 unspecified atom stereocenters. The lowest BCUT2D eigenvalue weighted by Gasteiger charge is -2.12. The van der Waals surface area contributed by atoms with Gasteiger partial charge >= 0.3 is 0 Å². The first-order valence-electron chi connectivity index (χ1n) is 4.78. The lowest BCUT2D eigenvalue weighted by atomic mass is 10.2. The molecule has 0 aliphatic carbocycles. The molecular weight excluding hydrogens is 178 g/mol. The van der Waals surface area contributed by atoms with Crippen LogP contribution in [0.15, 0.2) is 35.2 Å². The molecule has 13 heavy (non-hydrogen) atoms. The van der Waals surface area contributed by atoms with Crippen molar-refractivity contribution >= 4 is 11.8 Å². The van der Waals surface area contributed by atoms with E-state index in [9.17, 15) is 0 Å². The van der Waals surface area contributed by atoms with Crippen molar-refractivity contribution in [1.82, 2.24) is 0 Å². The minimum atomic E-state index is 0.576. The van der Waals surface area contributed by atoms with Crippen LogP contribution in [0.25, 0.3) is 0 Å². The molecule has 2 N–H and O–H groups in total. The average Bonchev–Trinajstić information content (AvgIpc) is 2.19. The van der Waals surface area contributed by atoms with Crippen molar-refractivity contribution in [2.45, 2.75) is 29.9 Å². The molecule has 0 fully saturated rings. The van der Waals surface area contributed by atoms with Gasteiger partial charge in [-0.3, -0.25) is 0 Å². The second-order valence-electron chi connectivity index (χ2n) is 3.08. The predicted octanol–water partition coefficient (Wildman–Crippen LogP) is 2.91. The van der Waals surface area contributed by atoms with Gasteiger partial charge in [0.25, 0.3) is 0 Å². The number of nitrogens with two attached hydrogens (primary N) is 1. The van der Waals surface area contributed by atoms with E-state index in [-0.39, 0.29) is 0 Å². The van der Waals surface area contributed by atoms with Crippen LogP contribution in [0.4, 0.5) is 0 Å². The SMILES string of the molecule is CCCC(CN)Sc1ccccc1. The summed E-state index contributed by atoms with van der Waals surface area (Å²) in [5, 5.41) is 0.576. The molecule has 2 heteroatoms. The normalized spacial score (nSPS) is 12.8. The Morgan fingerprint density at radius 2 is 2.00 bits per heavy atom. The summed E-state index contributed by atoms with van der Waals surface area (Å²) in [5.74, 6) is 0.